The number of hydrogen-bond donors (Lipinski definition) is 2. The highest BCUT2D eigenvalue weighted by Gasteiger charge is 2.35. The average molecular weight is 313 g/mol. The van der Waals surface area contributed by atoms with Gasteiger partial charge in [-0.1, -0.05) is 26.0 Å². The lowest BCUT2D eigenvalue weighted by molar-refractivity contribution is -0.129. The zero-order chi connectivity index (χ0) is 16.6. The number of amides is 2. The van der Waals surface area contributed by atoms with Crippen LogP contribution in [-0.2, 0) is 4.79 Å². The number of piperazine rings is 1. The summed E-state index contributed by atoms with van der Waals surface area (Å²) in [6.07, 6.45) is 0. The van der Waals surface area contributed by atoms with Crippen LogP contribution < -0.4 is 10.7 Å². The monoisotopic (exact) mass is 313 g/mol. The molecule has 2 heterocycles. The number of nitrogens with zero attached hydrogens (tertiary/aromatic N) is 1. The number of hydrogen-bond acceptors (Lipinski definition) is 3. The lowest BCUT2D eigenvalue weighted by Crippen LogP contribution is -2.59. The molecule has 1 aromatic heterocycles. The molecular formula is C17H19N3O3. The maximum atomic E-state index is 12.8. The van der Waals surface area contributed by atoms with Gasteiger partial charge in [-0.2, -0.15) is 0 Å². The summed E-state index contributed by atoms with van der Waals surface area (Å²) in [7, 11) is 0. The van der Waals surface area contributed by atoms with E-state index in [9.17, 15) is 14.4 Å². The number of benzene rings is 1. The van der Waals surface area contributed by atoms with Crippen molar-refractivity contribution in [3.63, 3.8) is 0 Å². The van der Waals surface area contributed by atoms with Gasteiger partial charge in [0.05, 0.1) is 0 Å². The first-order chi connectivity index (χ1) is 11.0. The van der Waals surface area contributed by atoms with E-state index in [0.717, 1.165) is 0 Å². The van der Waals surface area contributed by atoms with E-state index in [2.05, 4.69) is 10.3 Å². The topological polar surface area (TPSA) is 82.3 Å². The first-order valence-corrected chi connectivity index (χ1v) is 7.70. The van der Waals surface area contributed by atoms with Gasteiger partial charge in [-0.3, -0.25) is 14.4 Å². The van der Waals surface area contributed by atoms with Crippen molar-refractivity contribution in [2.24, 2.45) is 5.92 Å². The van der Waals surface area contributed by atoms with E-state index < -0.39 is 6.04 Å². The molecule has 1 saturated heterocycles. The highest BCUT2D eigenvalue weighted by molar-refractivity contribution is 5.98. The molecule has 2 N–H and O–H groups in total. The number of carbonyl (C=O) groups is 2. The van der Waals surface area contributed by atoms with Crippen LogP contribution in [0.2, 0.25) is 0 Å². The molecule has 23 heavy (non-hydrogen) atoms. The Hall–Kier alpha value is -2.63. The Morgan fingerprint density at radius 3 is 2.74 bits per heavy atom. The molecule has 1 unspecified atom stereocenters. The van der Waals surface area contributed by atoms with Gasteiger partial charge in [0.25, 0.3) is 5.91 Å². The Balaban J connectivity index is 2.02. The molecule has 1 aromatic carbocycles. The predicted octanol–water partition coefficient (Wildman–Crippen LogP) is 1.12. The van der Waals surface area contributed by atoms with Crippen molar-refractivity contribution in [1.29, 1.82) is 0 Å². The third-order valence-corrected chi connectivity index (χ3v) is 4.12. The summed E-state index contributed by atoms with van der Waals surface area (Å²) in [6, 6.07) is 7.85. The van der Waals surface area contributed by atoms with Crippen molar-refractivity contribution in [1.82, 2.24) is 15.2 Å². The number of fused-ring (bicyclic) bond motifs is 1. The predicted molar refractivity (Wildman–Crippen MR) is 87.2 cm³/mol. The van der Waals surface area contributed by atoms with Gasteiger partial charge in [0.15, 0.2) is 5.43 Å². The Morgan fingerprint density at radius 1 is 1.26 bits per heavy atom. The maximum Gasteiger partial charge on any atom is 0.271 e. The number of H-pyrrole nitrogens is 1. The van der Waals surface area contributed by atoms with Gasteiger partial charge in [0.1, 0.15) is 11.7 Å². The Morgan fingerprint density at radius 2 is 2.00 bits per heavy atom. The summed E-state index contributed by atoms with van der Waals surface area (Å²) in [4.78, 5) is 41.7. The van der Waals surface area contributed by atoms with Crippen LogP contribution in [0.3, 0.4) is 0 Å². The average Bonchev–Trinajstić information content (AvgIpc) is 2.53. The smallest absolute Gasteiger partial charge is 0.271 e. The maximum absolute atomic E-state index is 12.8. The van der Waals surface area contributed by atoms with Crippen molar-refractivity contribution >= 4 is 22.7 Å². The van der Waals surface area contributed by atoms with E-state index in [4.69, 9.17) is 0 Å². The van der Waals surface area contributed by atoms with Crippen LogP contribution in [0.4, 0.5) is 0 Å². The highest BCUT2D eigenvalue weighted by atomic mass is 16.2. The molecule has 0 saturated carbocycles. The molecule has 1 atom stereocenters. The standard InChI is InChI=1S/C17H19N3O3/c1-10(2)15-16(22)18-7-8-20(15)17(23)13-9-14(21)11-5-3-4-6-12(11)19-13/h3-6,9-10,15H,7-8H2,1-2H3,(H,18,22)(H,19,21). The summed E-state index contributed by atoms with van der Waals surface area (Å²) in [5.74, 6) is -0.476. The molecule has 2 aromatic rings. The quantitative estimate of drug-likeness (QED) is 0.872. The van der Waals surface area contributed by atoms with Gasteiger partial charge < -0.3 is 15.2 Å². The van der Waals surface area contributed by atoms with Gasteiger partial charge in [-0.25, -0.2) is 0 Å². The van der Waals surface area contributed by atoms with Gasteiger partial charge in [0.2, 0.25) is 5.91 Å². The molecule has 6 nitrogen and oxygen atoms in total. The lowest BCUT2D eigenvalue weighted by Gasteiger charge is -2.37. The number of carbonyl (C=O) groups excluding carboxylic acids is 2. The summed E-state index contributed by atoms with van der Waals surface area (Å²) >= 11 is 0. The Bertz CT molecular complexity index is 825. The van der Waals surface area contributed by atoms with Crippen molar-refractivity contribution in [3.05, 3.63) is 46.2 Å². The number of aromatic nitrogens is 1. The van der Waals surface area contributed by atoms with Crippen molar-refractivity contribution in [2.75, 3.05) is 13.1 Å². The van der Waals surface area contributed by atoms with E-state index in [1.165, 1.54) is 6.07 Å². The fraction of sp³-hybridized carbons (Fsp3) is 0.353. The molecule has 0 aliphatic carbocycles. The van der Waals surface area contributed by atoms with Gasteiger partial charge in [0, 0.05) is 30.1 Å². The molecule has 1 aliphatic rings. The van der Waals surface area contributed by atoms with E-state index in [0.29, 0.717) is 24.0 Å². The van der Waals surface area contributed by atoms with Crippen LogP contribution in [0.15, 0.2) is 35.1 Å². The summed E-state index contributed by atoms with van der Waals surface area (Å²) in [5.41, 5.74) is 0.630. The minimum absolute atomic E-state index is 0.00794. The van der Waals surface area contributed by atoms with E-state index in [1.807, 2.05) is 13.8 Å². The third kappa shape index (κ3) is 2.72. The second-order valence-electron chi connectivity index (χ2n) is 6.07. The fourth-order valence-electron chi connectivity index (χ4n) is 3.04. The van der Waals surface area contributed by atoms with Crippen molar-refractivity contribution in [2.45, 2.75) is 19.9 Å². The number of nitrogens with one attached hydrogen (secondary N) is 2. The zero-order valence-corrected chi connectivity index (χ0v) is 13.1. The number of aromatic amines is 1. The summed E-state index contributed by atoms with van der Waals surface area (Å²) < 4.78 is 0. The molecule has 1 aliphatic heterocycles. The van der Waals surface area contributed by atoms with E-state index in [-0.39, 0.29) is 28.9 Å². The van der Waals surface area contributed by atoms with Crippen LogP contribution in [0, 0.1) is 5.92 Å². The number of para-hydroxylation sites is 1. The molecular weight excluding hydrogens is 294 g/mol. The van der Waals surface area contributed by atoms with E-state index >= 15 is 0 Å². The normalized spacial score (nSPS) is 18.3. The highest BCUT2D eigenvalue weighted by Crippen LogP contribution is 2.17. The Kier molecular flexibility index (Phi) is 3.90. The minimum atomic E-state index is -0.522. The fourth-order valence-corrected chi connectivity index (χ4v) is 3.04. The second-order valence-corrected chi connectivity index (χ2v) is 6.07. The number of pyridine rings is 1. The molecule has 120 valence electrons. The SMILES string of the molecule is CC(C)C1C(=O)NCCN1C(=O)c1cc(=O)c2ccccc2[nH]1. The van der Waals surface area contributed by atoms with E-state index in [1.54, 1.807) is 29.2 Å². The molecule has 0 spiro atoms. The van der Waals surface area contributed by atoms with Crippen LogP contribution in [0.25, 0.3) is 10.9 Å². The van der Waals surface area contributed by atoms with Gasteiger partial charge >= 0.3 is 0 Å². The number of rotatable bonds is 2. The largest absolute Gasteiger partial charge is 0.353 e. The second kappa shape index (κ2) is 5.87. The molecule has 0 radical (unpaired) electrons. The summed E-state index contributed by atoms with van der Waals surface area (Å²) in [6.45, 7) is 4.66. The van der Waals surface area contributed by atoms with Crippen LogP contribution >= 0.6 is 0 Å². The van der Waals surface area contributed by atoms with Gasteiger partial charge in [-0.05, 0) is 18.1 Å². The first-order valence-electron chi connectivity index (χ1n) is 7.70. The van der Waals surface area contributed by atoms with Gasteiger partial charge in [-0.15, -0.1) is 0 Å². The first kappa shape index (κ1) is 15.3. The zero-order valence-electron chi connectivity index (χ0n) is 13.1. The molecule has 3 rings (SSSR count). The summed E-state index contributed by atoms with van der Waals surface area (Å²) in [5, 5.41) is 3.33. The molecule has 0 bridgehead atoms. The van der Waals surface area contributed by atoms with Crippen molar-refractivity contribution < 1.29 is 9.59 Å². The molecule has 1 fully saturated rings. The third-order valence-electron chi connectivity index (χ3n) is 4.12. The molecule has 2 amide bonds. The molecule has 6 heteroatoms. The van der Waals surface area contributed by atoms with Crippen molar-refractivity contribution in [3.8, 4) is 0 Å². The lowest BCUT2D eigenvalue weighted by atomic mass is 9.99. The van der Waals surface area contributed by atoms with Crippen LogP contribution in [-0.4, -0.2) is 40.8 Å². The van der Waals surface area contributed by atoms with Crippen LogP contribution in [0.5, 0.6) is 0 Å². The minimum Gasteiger partial charge on any atom is -0.353 e. The Labute approximate surface area is 133 Å². The van der Waals surface area contributed by atoms with Crippen LogP contribution in [0.1, 0.15) is 24.3 Å².